The maximum atomic E-state index is 5.34. The van der Waals surface area contributed by atoms with Crippen molar-refractivity contribution in [3.05, 3.63) is 0 Å². The largest absolute Gasteiger partial charge is 0.326 e. The average Bonchev–Trinajstić information content (AvgIpc) is 1.83. The van der Waals surface area contributed by atoms with Crippen LogP contribution < -0.4 is 5.73 Å². The van der Waals surface area contributed by atoms with Crippen molar-refractivity contribution in [3.8, 4) is 0 Å². The molecule has 2 N–H and O–H groups in total. The molecule has 0 saturated carbocycles. The summed E-state index contributed by atoms with van der Waals surface area (Å²) in [6.07, 6.45) is 0.990. The van der Waals surface area contributed by atoms with Gasteiger partial charge in [0.2, 0.25) is 0 Å². The van der Waals surface area contributed by atoms with Gasteiger partial charge >= 0.3 is 0 Å². The highest BCUT2D eigenvalue weighted by molar-refractivity contribution is 5.85. The first kappa shape index (κ1) is 7.63. The molecule has 2 heteroatoms. The highest BCUT2D eigenvalue weighted by Crippen LogP contribution is 1.81. The van der Waals surface area contributed by atoms with Gasteiger partial charge in [-0.25, -0.2) is 0 Å². The minimum atomic E-state index is 0.615. The van der Waals surface area contributed by atoms with E-state index in [1.165, 1.54) is 0 Å². The van der Waals surface area contributed by atoms with Crippen LogP contribution in [-0.4, -0.2) is 18.8 Å². The van der Waals surface area contributed by atoms with Crippen molar-refractivity contribution in [1.82, 2.24) is 0 Å². The van der Waals surface area contributed by atoms with Gasteiger partial charge in [0.25, 0.3) is 0 Å². The van der Waals surface area contributed by atoms with E-state index in [4.69, 9.17) is 5.73 Å². The van der Waals surface area contributed by atoms with Crippen molar-refractivity contribution in [2.45, 2.75) is 20.3 Å². The van der Waals surface area contributed by atoms with Crippen LogP contribution in [0.15, 0.2) is 4.99 Å². The standard InChI is InChI=1S/C6H14N2/c1-3-6(5-7)8-4-2/h3-5,7H2,1-2H3/b8-6+. The lowest BCUT2D eigenvalue weighted by Crippen LogP contribution is -2.12. The smallest absolute Gasteiger partial charge is 0.0360 e. The molecule has 8 heavy (non-hydrogen) atoms. The van der Waals surface area contributed by atoms with E-state index in [-0.39, 0.29) is 0 Å². The minimum absolute atomic E-state index is 0.615. The Morgan fingerprint density at radius 3 is 2.25 bits per heavy atom. The van der Waals surface area contributed by atoms with Gasteiger partial charge in [-0.15, -0.1) is 0 Å². The van der Waals surface area contributed by atoms with Gasteiger partial charge in [-0.2, -0.15) is 0 Å². The van der Waals surface area contributed by atoms with Gasteiger partial charge in [-0.05, 0) is 13.3 Å². The monoisotopic (exact) mass is 114 g/mol. The van der Waals surface area contributed by atoms with E-state index in [0.29, 0.717) is 6.54 Å². The second kappa shape index (κ2) is 4.78. The van der Waals surface area contributed by atoms with Crippen molar-refractivity contribution >= 4 is 5.71 Å². The summed E-state index contributed by atoms with van der Waals surface area (Å²) in [5.41, 5.74) is 6.46. The molecule has 0 aromatic carbocycles. The van der Waals surface area contributed by atoms with E-state index in [0.717, 1.165) is 18.7 Å². The normalized spacial score (nSPS) is 12.1. The Kier molecular flexibility index (Phi) is 4.56. The van der Waals surface area contributed by atoms with Gasteiger partial charge < -0.3 is 5.73 Å². The van der Waals surface area contributed by atoms with Crippen LogP contribution in [0.3, 0.4) is 0 Å². The molecule has 0 aliphatic heterocycles. The second-order valence-electron chi connectivity index (χ2n) is 1.60. The van der Waals surface area contributed by atoms with Crippen LogP contribution in [-0.2, 0) is 0 Å². The van der Waals surface area contributed by atoms with Gasteiger partial charge in [-0.3, -0.25) is 4.99 Å². The molecule has 0 heterocycles. The second-order valence-corrected chi connectivity index (χ2v) is 1.60. The van der Waals surface area contributed by atoms with Crippen LogP contribution >= 0.6 is 0 Å². The third-order valence-corrected chi connectivity index (χ3v) is 1.03. The topological polar surface area (TPSA) is 38.4 Å². The molecule has 0 aliphatic carbocycles. The fraction of sp³-hybridized carbons (Fsp3) is 0.833. The van der Waals surface area contributed by atoms with Gasteiger partial charge in [-0.1, -0.05) is 6.92 Å². The zero-order chi connectivity index (χ0) is 6.41. The zero-order valence-corrected chi connectivity index (χ0v) is 5.65. The lowest BCUT2D eigenvalue weighted by Gasteiger charge is -1.94. The summed E-state index contributed by atoms with van der Waals surface area (Å²) in [4.78, 5) is 4.15. The number of rotatable bonds is 3. The number of aliphatic imine (C=N–C) groups is 1. The predicted molar refractivity (Wildman–Crippen MR) is 37.3 cm³/mol. The van der Waals surface area contributed by atoms with Crippen molar-refractivity contribution in [2.75, 3.05) is 13.1 Å². The molecule has 0 aliphatic rings. The van der Waals surface area contributed by atoms with Crippen molar-refractivity contribution in [3.63, 3.8) is 0 Å². The van der Waals surface area contributed by atoms with Crippen LogP contribution in [0.4, 0.5) is 0 Å². The predicted octanol–water partition coefficient (Wildman–Crippen LogP) is 0.816. The van der Waals surface area contributed by atoms with Gasteiger partial charge in [0.05, 0.1) is 0 Å². The number of hydrogen-bond donors (Lipinski definition) is 1. The summed E-state index contributed by atoms with van der Waals surface area (Å²) in [5, 5.41) is 0. The van der Waals surface area contributed by atoms with E-state index in [1.54, 1.807) is 0 Å². The average molecular weight is 114 g/mol. The quantitative estimate of drug-likeness (QED) is 0.542. The van der Waals surface area contributed by atoms with Crippen LogP contribution in [0.5, 0.6) is 0 Å². The molecule has 2 nitrogen and oxygen atoms in total. The molecular formula is C6H14N2. The Labute approximate surface area is 50.8 Å². The van der Waals surface area contributed by atoms with E-state index >= 15 is 0 Å². The molecule has 0 rings (SSSR count). The summed E-state index contributed by atoms with van der Waals surface area (Å²) >= 11 is 0. The summed E-state index contributed by atoms with van der Waals surface area (Å²) in [7, 11) is 0. The molecular weight excluding hydrogens is 100 g/mol. The van der Waals surface area contributed by atoms with Gasteiger partial charge in [0, 0.05) is 18.8 Å². The molecule has 0 spiro atoms. The molecule has 0 aromatic rings. The van der Waals surface area contributed by atoms with Crippen molar-refractivity contribution in [1.29, 1.82) is 0 Å². The Morgan fingerprint density at radius 1 is 1.50 bits per heavy atom. The van der Waals surface area contributed by atoms with Crippen LogP contribution in [0, 0.1) is 0 Å². The molecule has 0 atom stereocenters. The third kappa shape index (κ3) is 2.75. The maximum absolute atomic E-state index is 5.34. The molecule has 0 bridgehead atoms. The molecule has 0 amide bonds. The fourth-order valence-electron chi connectivity index (χ4n) is 0.544. The lowest BCUT2D eigenvalue weighted by molar-refractivity contribution is 1.07. The molecule has 0 saturated heterocycles. The SMILES string of the molecule is CC/N=C(\CC)CN. The summed E-state index contributed by atoms with van der Waals surface area (Å²) < 4.78 is 0. The number of nitrogens with two attached hydrogens (primary N) is 1. The van der Waals surface area contributed by atoms with Crippen LogP contribution in [0.1, 0.15) is 20.3 Å². The molecule has 0 radical (unpaired) electrons. The maximum Gasteiger partial charge on any atom is 0.0360 e. The van der Waals surface area contributed by atoms with Gasteiger partial charge in [0.1, 0.15) is 0 Å². The number of nitrogens with zero attached hydrogens (tertiary/aromatic N) is 1. The first-order valence-electron chi connectivity index (χ1n) is 3.07. The molecule has 0 unspecified atom stereocenters. The van der Waals surface area contributed by atoms with E-state index < -0.39 is 0 Å². The third-order valence-electron chi connectivity index (χ3n) is 1.03. The molecule has 0 fully saturated rings. The summed E-state index contributed by atoms with van der Waals surface area (Å²) in [6, 6.07) is 0. The Bertz CT molecular complexity index is 70.6. The fourth-order valence-corrected chi connectivity index (χ4v) is 0.544. The highest BCUT2D eigenvalue weighted by Gasteiger charge is 1.86. The number of hydrogen-bond acceptors (Lipinski definition) is 2. The minimum Gasteiger partial charge on any atom is -0.326 e. The Morgan fingerprint density at radius 2 is 2.12 bits per heavy atom. The highest BCUT2D eigenvalue weighted by atomic mass is 14.7. The van der Waals surface area contributed by atoms with E-state index in [2.05, 4.69) is 11.9 Å². The molecule has 48 valence electrons. The van der Waals surface area contributed by atoms with E-state index in [1.807, 2.05) is 6.92 Å². The van der Waals surface area contributed by atoms with E-state index in [9.17, 15) is 0 Å². The zero-order valence-electron chi connectivity index (χ0n) is 5.65. The van der Waals surface area contributed by atoms with Gasteiger partial charge in [0.15, 0.2) is 0 Å². The Hall–Kier alpha value is -0.370. The van der Waals surface area contributed by atoms with Crippen molar-refractivity contribution < 1.29 is 0 Å². The van der Waals surface area contributed by atoms with Crippen LogP contribution in [0.2, 0.25) is 0 Å². The summed E-state index contributed by atoms with van der Waals surface area (Å²) in [5.74, 6) is 0. The van der Waals surface area contributed by atoms with Crippen LogP contribution in [0.25, 0.3) is 0 Å². The first-order valence-corrected chi connectivity index (χ1v) is 3.07. The first-order chi connectivity index (χ1) is 3.85. The Balaban J connectivity index is 3.49. The molecule has 0 aromatic heterocycles. The summed E-state index contributed by atoms with van der Waals surface area (Å²) in [6.45, 7) is 5.57. The van der Waals surface area contributed by atoms with Crippen molar-refractivity contribution in [2.24, 2.45) is 10.7 Å². The lowest BCUT2D eigenvalue weighted by atomic mass is 10.3.